The zero-order chi connectivity index (χ0) is 13.4. The van der Waals surface area contributed by atoms with Crippen LogP contribution in [-0.4, -0.2) is 11.7 Å². The number of nitrogens with one attached hydrogen (secondary N) is 1. The van der Waals surface area contributed by atoms with E-state index in [-0.39, 0.29) is 12.8 Å². The maximum Gasteiger partial charge on any atom is 0.406 e. The van der Waals surface area contributed by atoms with Crippen LogP contribution in [0, 0.1) is 5.82 Å². The molecule has 1 saturated carbocycles. The van der Waals surface area contributed by atoms with Gasteiger partial charge in [0.25, 0.3) is 0 Å². The molecule has 0 spiro atoms. The van der Waals surface area contributed by atoms with E-state index in [1.54, 1.807) is 13.0 Å². The molecule has 100 valence electrons. The molecule has 1 unspecified atom stereocenters. The Labute approximate surface area is 103 Å². The fourth-order valence-corrected chi connectivity index (χ4v) is 2.13. The third kappa shape index (κ3) is 2.36. The van der Waals surface area contributed by atoms with Gasteiger partial charge in [0.1, 0.15) is 11.4 Å². The van der Waals surface area contributed by atoms with Gasteiger partial charge < -0.3 is 0 Å². The summed E-state index contributed by atoms with van der Waals surface area (Å²) in [6.07, 6.45) is -3.71. The molecule has 5 heteroatoms. The summed E-state index contributed by atoms with van der Waals surface area (Å²) in [6.45, 7) is 1.75. The van der Waals surface area contributed by atoms with E-state index in [9.17, 15) is 17.6 Å². The van der Waals surface area contributed by atoms with Crippen molar-refractivity contribution in [3.63, 3.8) is 0 Å². The lowest BCUT2D eigenvalue weighted by molar-refractivity contribution is -0.168. The van der Waals surface area contributed by atoms with Crippen molar-refractivity contribution in [2.75, 3.05) is 0 Å². The van der Waals surface area contributed by atoms with Crippen molar-refractivity contribution < 1.29 is 17.6 Å². The third-order valence-electron chi connectivity index (χ3n) is 3.43. The van der Waals surface area contributed by atoms with Crippen molar-refractivity contribution in [1.82, 2.24) is 5.32 Å². The van der Waals surface area contributed by atoms with Crippen molar-refractivity contribution in [3.05, 3.63) is 35.6 Å². The van der Waals surface area contributed by atoms with Gasteiger partial charge >= 0.3 is 6.18 Å². The van der Waals surface area contributed by atoms with Gasteiger partial charge in [-0.25, -0.2) is 4.39 Å². The second-order valence-electron chi connectivity index (χ2n) is 4.71. The topological polar surface area (TPSA) is 12.0 Å². The summed E-state index contributed by atoms with van der Waals surface area (Å²) < 4.78 is 52.2. The van der Waals surface area contributed by atoms with Gasteiger partial charge in [-0.2, -0.15) is 13.2 Å². The van der Waals surface area contributed by atoms with Gasteiger partial charge in [-0.15, -0.1) is 0 Å². The van der Waals surface area contributed by atoms with Crippen LogP contribution in [0.15, 0.2) is 24.3 Å². The summed E-state index contributed by atoms with van der Waals surface area (Å²) >= 11 is 0. The molecule has 2 rings (SSSR count). The quantitative estimate of drug-likeness (QED) is 0.809. The van der Waals surface area contributed by atoms with Crippen LogP contribution in [0.3, 0.4) is 0 Å². The zero-order valence-corrected chi connectivity index (χ0v) is 10.0. The van der Waals surface area contributed by atoms with Gasteiger partial charge in [0.15, 0.2) is 0 Å². The zero-order valence-electron chi connectivity index (χ0n) is 10.0. The van der Waals surface area contributed by atoms with Crippen molar-refractivity contribution >= 4 is 0 Å². The number of halogens is 4. The van der Waals surface area contributed by atoms with Crippen LogP contribution in [0.5, 0.6) is 0 Å². The molecule has 0 bridgehead atoms. The lowest BCUT2D eigenvalue weighted by Gasteiger charge is -2.27. The first kappa shape index (κ1) is 13.3. The van der Waals surface area contributed by atoms with Crippen molar-refractivity contribution in [3.8, 4) is 0 Å². The predicted molar refractivity (Wildman–Crippen MR) is 60.6 cm³/mol. The second kappa shape index (κ2) is 4.53. The van der Waals surface area contributed by atoms with Crippen molar-refractivity contribution in [1.29, 1.82) is 0 Å². The monoisotopic (exact) mass is 261 g/mol. The first-order chi connectivity index (χ1) is 8.39. The van der Waals surface area contributed by atoms with Crippen LogP contribution in [-0.2, 0) is 0 Å². The molecule has 0 heterocycles. The average molecular weight is 261 g/mol. The standard InChI is InChI=1S/C13H15F4N/c1-2-11(9-5-3-4-6-10(9)14)18-12(7-8-12)13(15,16)17/h3-6,11,18H,2,7-8H2,1H3. The summed E-state index contributed by atoms with van der Waals surface area (Å²) in [5, 5.41) is 2.59. The summed E-state index contributed by atoms with van der Waals surface area (Å²) in [5.41, 5.74) is -1.51. The average Bonchev–Trinajstić information content (AvgIpc) is 3.07. The van der Waals surface area contributed by atoms with Gasteiger partial charge in [0.05, 0.1) is 0 Å². The van der Waals surface area contributed by atoms with Crippen LogP contribution in [0.1, 0.15) is 37.8 Å². The van der Waals surface area contributed by atoms with Crippen LogP contribution in [0.2, 0.25) is 0 Å². The Morgan fingerprint density at radius 2 is 1.89 bits per heavy atom. The normalized spacial score (nSPS) is 19.6. The van der Waals surface area contributed by atoms with Gasteiger partial charge in [-0.3, -0.25) is 5.32 Å². The maximum atomic E-state index is 13.6. The van der Waals surface area contributed by atoms with E-state index in [2.05, 4.69) is 5.32 Å². The fourth-order valence-electron chi connectivity index (χ4n) is 2.13. The highest BCUT2D eigenvalue weighted by atomic mass is 19.4. The highest BCUT2D eigenvalue weighted by molar-refractivity contribution is 5.23. The molecule has 0 amide bonds. The van der Waals surface area contributed by atoms with Gasteiger partial charge in [0, 0.05) is 11.6 Å². The Kier molecular flexibility index (Phi) is 3.36. The Balaban J connectivity index is 2.19. The molecule has 0 radical (unpaired) electrons. The molecular formula is C13H15F4N. The van der Waals surface area contributed by atoms with E-state index >= 15 is 0 Å². The lowest BCUT2D eigenvalue weighted by atomic mass is 10.0. The minimum absolute atomic E-state index is 0.0709. The Bertz CT molecular complexity index is 423. The molecule has 1 fully saturated rings. The Morgan fingerprint density at radius 3 is 2.33 bits per heavy atom. The van der Waals surface area contributed by atoms with E-state index in [1.165, 1.54) is 18.2 Å². The summed E-state index contributed by atoms with van der Waals surface area (Å²) in [7, 11) is 0. The van der Waals surface area contributed by atoms with Crippen LogP contribution in [0.25, 0.3) is 0 Å². The molecule has 1 aliphatic rings. The molecular weight excluding hydrogens is 246 g/mol. The number of benzene rings is 1. The summed E-state index contributed by atoms with van der Waals surface area (Å²) in [5.74, 6) is -0.463. The first-order valence-electron chi connectivity index (χ1n) is 5.98. The molecule has 1 N–H and O–H groups in total. The number of hydrogen-bond acceptors (Lipinski definition) is 1. The molecule has 0 aromatic heterocycles. The van der Waals surface area contributed by atoms with E-state index < -0.39 is 23.6 Å². The smallest absolute Gasteiger partial charge is 0.297 e. The Hall–Kier alpha value is -1.10. The number of hydrogen-bond donors (Lipinski definition) is 1. The highest BCUT2D eigenvalue weighted by Crippen LogP contribution is 2.50. The maximum absolute atomic E-state index is 13.6. The van der Waals surface area contributed by atoms with Crippen LogP contribution < -0.4 is 5.32 Å². The molecule has 0 saturated heterocycles. The number of rotatable bonds is 4. The molecule has 1 aromatic rings. The van der Waals surface area contributed by atoms with Crippen molar-refractivity contribution in [2.24, 2.45) is 0 Å². The minimum atomic E-state index is -4.27. The largest absolute Gasteiger partial charge is 0.406 e. The molecule has 18 heavy (non-hydrogen) atoms. The first-order valence-corrected chi connectivity index (χ1v) is 5.98. The Morgan fingerprint density at radius 1 is 1.28 bits per heavy atom. The summed E-state index contributed by atoms with van der Waals surface area (Å²) in [4.78, 5) is 0. The van der Waals surface area contributed by atoms with E-state index in [0.29, 0.717) is 12.0 Å². The fraction of sp³-hybridized carbons (Fsp3) is 0.538. The van der Waals surface area contributed by atoms with Crippen molar-refractivity contribution in [2.45, 2.75) is 43.9 Å². The van der Waals surface area contributed by atoms with Gasteiger partial charge in [0.2, 0.25) is 0 Å². The second-order valence-corrected chi connectivity index (χ2v) is 4.71. The molecule has 1 nitrogen and oxygen atoms in total. The van der Waals surface area contributed by atoms with E-state index in [4.69, 9.17) is 0 Å². The molecule has 1 atom stereocenters. The van der Waals surface area contributed by atoms with E-state index in [1.807, 2.05) is 0 Å². The molecule has 1 aliphatic carbocycles. The number of alkyl halides is 3. The highest BCUT2D eigenvalue weighted by Gasteiger charge is 2.63. The van der Waals surface area contributed by atoms with Crippen LogP contribution in [0.4, 0.5) is 17.6 Å². The van der Waals surface area contributed by atoms with Crippen LogP contribution >= 0.6 is 0 Å². The predicted octanol–water partition coefficient (Wildman–Crippen LogP) is 3.96. The molecule has 0 aliphatic heterocycles. The van der Waals surface area contributed by atoms with Gasteiger partial charge in [-0.1, -0.05) is 25.1 Å². The van der Waals surface area contributed by atoms with Gasteiger partial charge in [-0.05, 0) is 25.3 Å². The molecule has 1 aromatic carbocycles. The lowest BCUT2D eigenvalue weighted by Crippen LogP contribution is -2.46. The van der Waals surface area contributed by atoms with E-state index in [0.717, 1.165) is 0 Å². The minimum Gasteiger partial charge on any atom is -0.297 e. The third-order valence-corrected chi connectivity index (χ3v) is 3.43. The SMILES string of the molecule is CCC(NC1(C(F)(F)F)CC1)c1ccccc1F. The summed E-state index contributed by atoms with van der Waals surface area (Å²) in [6, 6.07) is 5.36.